The maximum absolute atomic E-state index is 13.5. The Kier molecular flexibility index (Phi) is 15.3. The molecule has 0 unspecified atom stereocenters. The highest BCUT2D eigenvalue weighted by Gasteiger charge is 2.39. The molecule has 0 aromatic heterocycles. The maximum Gasteiger partial charge on any atom is 0.326 e. The summed E-state index contributed by atoms with van der Waals surface area (Å²) in [5.74, 6) is -7.22. The number of carbonyl (C=O) groups is 7. The van der Waals surface area contributed by atoms with Gasteiger partial charge in [0, 0.05) is 26.4 Å². The van der Waals surface area contributed by atoms with E-state index in [1.54, 1.807) is 13.8 Å². The number of nitrogens with zero attached hydrogens (tertiary/aromatic N) is 2. The molecule has 2 rings (SSSR count). The number of hydrogen-bond acceptors (Lipinski definition) is 9. The minimum absolute atomic E-state index is 0.0253. The number of amides is 5. The molecule has 1 aliphatic rings. The van der Waals surface area contributed by atoms with Gasteiger partial charge < -0.3 is 53.0 Å². The Morgan fingerprint density at radius 1 is 0.918 bits per heavy atom. The molecule has 1 aromatic carbocycles. The lowest BCUT2D eigenvalue weighted by molar-refractivity contribution is -0.144. The number of aromatic hydroxyl groups is 1. The predicted octanol–water partition coefficient (Wildman–Crippen LogP) is -1.85. The van der Waals surface area contributed by atoms with Crippen molar-refractivity contribution < 1.29 is 48.9 Å². The molecule has 1 fully saturated rings. The molecule has 0 radical (unpaired) electrons. The normalized spacial score (nSPS) is 16.4. The van der Waals surface area contributed by atoms with Gasteiger partial charge in [-0.3, -0.25) is 33.8 Å². The van der Waals surface area contributed by atoms with Crippen LogP contribution >= 0.6 is 0 Å². The van der Waals surface area contributed by atoms with Crippen LogP contribution in [-0.4, -0.2) is 111 Å². The van der Waals surface area contributed by atoms with E-state index in [9.17, 15) is 48.9 Å². The molecule has 1 aromatic rings. The SMILES string of the molecule is CC(=O)N[C@@H](CCCN=C(N)N)C(=O)N1CCC[C@H]1C(=O)N[C@@H](CC(=O)O)C(=O)N[C@H](C(=O)N[C@@H](Cc1ccc(O)cc1)C(=O)O)C(C)C. The number of nitrogens with one attached hydrogen (secondary N) is 4. The fourth-order valence-corrected chi connectivity index (χ4v) is 5.28. The molecule has 0 aliphatic carbocycles. The van der Waals surface area contributed by atoms with Crippen LogP contribution < -0.4 is 32.7 Å². The first-order valence-corrected chi connectivity index (χ1v) is 15.8. The van der Waals surface area contributed by atoms with E-state index < -0.39 is 84.0 Å². The van der Waals surface area contributed by atoms with Crippen molar-refractivity contribution in [2.24, 2.45) is 22.4 Å². The van der Waals surface area contributed by atoms with Crippen LogP contribution in [0.2, 0.25) is 0 Å². The number of hydrogen-bond donors (Lipinski definition) is 9. The number of phenols is 1. The van der Waals surface area contributed by atoms with Gasteiger partial charge in [0.05, 0.1) is 6.42 Å². The summed E-state index contributed by atoms with van der Waals surface area (Å²) in [5.41, 5.74) is 11.2. The summed E-state index contributed by atoms with van der Waals surface area (Å²) in [7, 11) is 0. The molecule has 11 N–H and O–H groups in total. The number of phenolic OH excluding ortho intramolecular Hbond substituents is 1. The number of carboxylic acids is 2. The van der Waals surface area contributed by atoms with Crippen LogP contribution in [0, 0.1) is 5.92 Å². The Morgan fingerprint density at radius 2 is 1.57 bits per heavy atom. The molecule has 5 atom stereocenters. The molecule has 0 spiro atoms. The first-order chi connectivity index (χ1) is 23.0. The molecule has 0 bridgehead atoms. The second-order valence-corrected chi connectivity index (χ2v) is 12.1. The third-order valence-corrected chi connectivity index (χ3v) is 7.71. The molecule has 18 nitrogen and oxygen atoms in total. The van der Waals surface area contributed by atoms with Gasteiger partial charge in [-0.15, -0.1) is 0 Å². The lowest BCUT2D eigenvalue weighted by Gasteiger charge is -2.30. The van der Waals surface area contributed by atoms with Gasteiger partial charge >= 0.3 is 11.9 Å². The number of carbonyl (C=O) groups excluding carboxylic acids is 5. The van der Waals surface area contributed by atoms with Gasteiger partial charge in [0.25, 0.3) is 0 Å². The van der Waals surface area contributed by atoms with Crippen molar-refractivity contribution >= 4 is 47.4 Å². The average molecular weight is 691 g/mol. The minimum Gasteiger partial charge on any atom is -0.508 e. The summed E-state index contributed by atoms with van der Waals surface area (Å²) in [6.45, 7) is 4.77. The lowest BCUT2D eigenvalue weighted by atomic mass is 10.0. The maximum atomic E-state index is 13.5. The highest BCUT2D eigenvalue weighted by atomic mass is 16.4. The molecule has 1 heterocycles. The highest BCUT2D eigenvalue weighted by molar-refractivity contribution is 5.97. The standard InChI is InChI=1S/C31H46N8O10/c1-16(2)25(28(46)37-22(30(48)49)14-18-8-10-19(41)11-9-18)38-26(44)21(15-24(42)43)36-27(45)23-7-5-13-39(23)29(47)20(35-17(3)40)6-4-12-34-31(32)33/h8-11,16,20-23,25,41H,4-7,12-15H2,1-3H3,(H,35,40)(H,36,45)(H,37,46)(H,38,44)(H,42,43)(H,48,49)(H4,32,33,34)/t20-,21-,22-,23-,25-/m0/s1. The van der Waals surface area contributed by atoms with Gasteiger partial charge in [0.1, 0.15) is 36.0 Å². The topological polar surface area (TPSA) is 296 Å². The lowest BCUT2D eigenvalue weighted by Crippen LogP contribution is -2.59. The van der Waals surface area contributed by atoms with Crippen molar-refractivity contribution in [2.45, 2.75) is 89.5 Å². The largest absolute Gasteiger partial charge is 0.508 e. The average Bonchev–Trinajstić information content (AvgIpc) is 3.50. The third-order valence-electron chi connectivity index (χ3n) is 7.71. The number of nitrogens with two attached hydrogens (primary N) is 2. The molecule has 1 saturated heterocycles. The number of guanidine groups is 1. The van der Waals surface area contributed by atoms with Crippen molar-refractivity contribution in [1.82, 2.24) is 26.2 Å². The van der Waals surface area contributed by atoms with E-state index in [2.05, 4.69) is 26.3 Å². The van der Waals surface area contributed by atoms with E-state index >= 15 is 0 Å². The second kappa shape index (κ2) is 18.8. The van der Waals surface area contributed by atoms with Crippen LogP contribution in [-0.2, 0) is 40.0 Å². The molecule has 270 valence electrons. The summed E-state index contributed by atoms with van der Waals surface area (Å²) in [5, 5.41) is 38.5. The number of aliphatic imine (C=N–C) groups is 1. The van der Waals surface area contributed by atoms with Crippen LogP contribution in [0.25, 0.3) is 0 Å². The summed E-state index contributed by atoms with van der Waals surface area (Å²) in [4.78, 5) is 94.0. The number of benzene rings is 1. The second-order valence-electron chi connectivity index (χ2n) is 12.1. The van der Waals surface area contributed by atoms with Crippen LogP contribution in [0.4, 0.5) is 0 Å². The monoisotopic (exact) mass is 690 g/mol. The number of aliphatic carboxylic acids is 2. The van der Waals surface area contributed by atoms with Crippen LogP contribution in [0.5, 0.6) is 5.75 Å². The Balaban J connectivity index is 2.18. The molecule has 0 saturated carbocycles. The Bertz CT molecular complexity index is 1400. The zero-order valence-corrected chi connectivity index (χ0v) is 27.7. The Morgan fingerprint density at radius 3 is 2.12 bits per heavy atom. The fourth-order valence-electron chi connectivity index (χ4n) is 5.28. The van der Waals surface area contributed by atoms with Crippen molar-refractivity contribution in [1.29, 1.82) is 0 Å². The zero-order chi connectivity index (χ0) is 36.8. The number of rotatable bonds is 18. The highest BCUT2D eigenvalue weighted by Crippen LogP contribution is 2.20. The molecule has 18 heteroatoms. The first kappa shape index (κ1) is 39.8. The number of likely N-dealkylation sites (tertiary alicyclic amines) is 1. The Hall–Kier alpha value is -5.42. The zero-order valence-electron chi connectivity index (χ0n) is 27.7. The quantitative estimate of drug-likeness (QED) is 0.0466. The Labute approximate surface area is 283 Å². The van der Waals surface area contributed by atoms with Crippen LogP contribution in [0.3, 0.4) is 0 Å². The molecular formula is C31H46N8O10. The summed E-state index contributed by atoms with van der Waals surface area (Å²) in [6.07, 6.45) is 0.143. The van der Waals surface area contributed by atoms with Crippen LogP contribution in [0.15, 0.2) is 29.3 Å². The van der Waals surface area contributed by atoms with E-state index in [1.807, 2.05) is 0 Å². The van der Waals surface area contributed by atoms with E-state index in [-0.39, 0.29) is 44.1 Å². The van der Waals surface area contributed by atoms with Gasteiger partial charge in [0.2, 0.25) is 29.5 Å². The van der Waals surface area contributed by atoms with Gasteiger partial charge in [-0.2, -0.15) is 0 Å². The smallest absolute Gasteiger partial charge is 0.326 e. The summed E-state index contributed by atoms with van der Waals surface area (Å²) >= 11 is 0. The van der Waals surface area contributed by atoms with Crippen LogP contribution in [0.1, 0.15) is 58.4 Å². The van der Waals surface area contributed by atoms with Gasteiger partial charge in [-0.25, -0.2) is 4.79 Å². The molecule has 1 aliphatic heterocycles. The van der Waals surface area contributed by atoms with Gasteiger partial charge in [0.15, 0.2) is 5.96 Å². The third kappa shape index (κ3) is 13.0. The fraction of sp³-hybridized carbons (Fsp3) is 0.548. The summed E-state index contributed by atoms with van der Waals surface area (Å²) < 4.78 is 0. The van der Waals surface area contributed by atoms with Crippen molar-refractivity contribution in [2.75, 3.05) is 13.1 Å². The minimum atomic E-state index is -1.66. The van der Waals surface area contributed by atoms with E-state index in [4.69, 9.17) is 11.5 Å². The van der Waals surface area contributed by atoms with Crippen molar-refractivity contribution in [3.05, 3.63) is 29.8 Å². The molecular weight excluding hydrogens is 644 g/mol. The number of carboxylic acid groups (broad SMARTS) is 2. The van der Waals surface area contributed by atoms with Crippen molar-refractivity contribution in [3.8, 4) is 5.75 Å². The van der Waals surface area contributed by atoms with Gasteiger partial charge in [-0.05, 0) is 49.3 Å². The molecule has 5 amide bonds. The molecule has 49 heavy (non-hydrogen) atoms. The predicted molar refractivity (Wildman–Crippen MR) is 175 cm³/mol. The van der Waals surface area contributed by atoms with Gasteiger partial charge in [-0.1, -0.05) is 26.0 Å². The van der Waals surface area contributed by atoms with E-state index in [1.165, 1.54) is 36.1 Å². The van der Waals surface area contributed by atoms with Crippen molar-refractivity contribution in [3.63, 3.8) is 0 Å². The van der Waals surface area contributed by atoms with E-state index in [0.29, 0.717) is 18.4 Å². The first-order valence-electron chi connectivity index (χ1n) is 15.8. The van der Waals surface area contributed by atoms with E-state index in [0.717, 1.165) is 0 Å². The summed E-state index contributed by atoms with van der Waals surface area (Å²) in [6, 6.07) is -0.730.